The van der Waals surface area contributed by atoms with Crippen molar-refractivity contribution in [1.29, 1.82) is 0 Å². The number of hydrogen-bond acceptors (Lipinski definition) is 4. The Balaban J connectivity index is 1.54. The predicted octanol–water partition coefficient (Wildman–Crippen LogP) is 14.4. The summed E-state index contributed by atoms with van der Waals surface area (Å²) < 4.78 is 183. The lowest BCUT2D eigenvalue weighted by molar-refractivity contribution is 0.590. The largest absolute Gasteiger partial charge is 0.468 e. The number of hydrogen-bond donors (Lipinski definition) is 0. The van der Waals surface area contributed by atoms with Crippen LogP contribution in [0.4, 0.5) is 34.1 Å². The van der Waals surface area contributed by atoms with Gasteiger partial charge in [0.25, 0.3) is 6.71 Å². The highest BCUT2D eigenvalue weighted by molar-refractivity contribution is 7.26. The molecule has 8 aromatic rings. The molecule has 60 heavy (non-hydrogen) atoms. The van der Waals surface area contributed by atoms with Crippen molar-refractivity contribution in [1.82, 2.24) is 0 Å². The van der Waals surface area contributed by atoms with E-state index in [1.807, 2.05) is 0 Å². The number of fused-ring (bicyclic) bond motifs is 9. The molecule has 2 aliphatic rings. The summed E-state index contributed by atoms with van der Waals surface area (Å²) in [5, 5.41) is 0.0335. The van der Waals surface area contributed by atoms with Crippen LogP contribution >= 0.6 is 11.3 Å². The summed E-state index contributed by atoms with van der Waals surface area (Å²) in [5.74, 6) is 0. The molecule has 302 valence electrons. The first-order valence-corrected chi connectivity index (χ1v) is 21.1. The van der Waals surface area contributed by atoms with Gasteiger partial charge in [-0.05, 0) is 139 Å². The van der Waals surface area contributed by atoms with Crippen molar-refractivity contribution >= 4 is 99.9 Å². The van der Waals surface area contributed by atoms with Crippen molar-refractivity contribution < 1.29 is 29.1 Å². The zero-order chi connectivity index (χ0) is 58.1. The van der Waals surface area contributed by atoms with Crippen LogP contribution in [0.3, 0.4) is 0 Å². The van der Waals surface area contributed by atoms with E-state index in [0.717, 1.165) is 11.3 Å². The van der Waals surface area contributed by atoms with Gasteiger partial charge in [-0.15, -0.1) is 11.3 Å². The summed E-state index contributed by atoms with van der Waals surface area (Å²) in [6, 6.07) is -7.17. The Morgan fingerprint density at radius 3 is 1.55 bits per heavy atom. The lowest BCUT2D eigenvalue weighted by Crippen LogP contribution is -2.61. The summed E-state index contributed by atoms with van der Waals surface area (Å²) in [5.41, 5.74) is -5.49. The third-order valence-electron chi connectivity index (χ3n) is 11.2. The molecule has 0 saturated heterocycles. The Bertz CT molecular complexity index is 4040. The minimum atomic E-state index is -1.55. The highest BCUT2D eigenvalue weighted by Crippen LogP contribution is 2.49. The van der Waals surface area contributed by atoms with Crippen LogP contribution in [0.15, 0.2) is 113 Å². The van der Waals surface area contributed by atoms with E-state index in [1.54, 1.807) is 83.1 Å². The Labute approximate surface area is 386 Å². The first-order valence-electron chi connectivity index (χ1n) is 29.3. The van der Waals surface area contributed by atoms with Gasteiger partial charge < -0.3 is 14.2 Å². The fourth-order valence-corrected chi connectivity index (χ4v) is 8.85. The molecule has 0 fully saturated rings. The average Bonchev–Trinajstić information content (AvgIpc) is 3.30. The normalized spacial score (nSPS) is 18.5. The quantitative estimate of drug-likeness (QED) is 0.162. The molecule has 4 heterocycles. The summed E-state index contributed by atoms with van der Waals surface area (Å²) in [4.78, 5) is 2.50. The smallest absolute Gasteiger partial charge is 0.297 e. The van der Waals surface area contributed by atoms with Crippen LogP contribution in [0.25, 0.3) is 31.1 Å². The second-order valence-corrected chi connectivity index (χ2v) is 21.1. The Morgan fingerprint density at radius 1 is 0.500 bits per heavy atom. The number of anilines is 6. The van der Waals surface area contributed by atoms with Crippen LogP contribution < -0.4 is 26.4 Å². The fraction of sp³-hybridized carbons (Fsp3) is 0.309. The van der Waals surface area contributed by atoms with Crippen molar-refractivity contribution in [2.24, 2.45) is 0 Å². The molecule has 0 radical (unpaired) electrons. The van der Waals surface area contributed by atoms with E-state index < -0.39 is 100 Å². The molecule has 2 aromatic heterocycles. The molecule has 0 unspecified atom stereocenters. The fourth-order valence-electron chi connectivity index (χ4n) is 7.88. The molecule has 0 bridgehead atoms. The first-order chi connectivity index (χ1) is 35.8. The number of furan rings is 1. The van der Waals surface area contributed by atoms with E-state index >= 15 is 0 Å². The third-order valence-corrected chi connectivity index (χ3v) is 12.2. The SMILES string of the molecule is [2H]c1c([2H])c(C(C)(C)C)c([2H])c([2H])c1N1c2c([2H])c(C)c([2H])c3c2B(c2oc4c([2H])c([2H])c(C(C)(C)C)c([2H])c4c2N3c2c([2H])c([2H])c(C(C)(C)C)c([2H])c2[2H])c2c1c([2H])c1sc3c([2H])c([2H])c(C(C)(C)C)c([2H])c3c1c2[2H]. The Hall–Kier alpha value is -5.26. The van der Waals surface area contributed by atoms with Gasteiger partial charge in [-0.2, -0.15) is 0 Å². The molecule has 0 N–H and O–H groups in total. The summed E-state index contributed by atoms with van der Waals surface area (Å²) in [7, 11) is 0. The van der Waals surface area contributed by atoms with Crippen LogP contribution in [0.1, 0.15) is 136 Å². The van der Waals surface area contributed by atoms with Gasteiger partial charge in [-0.25, -0.2) is 0 Å². The molecule has 10 rings (SSSR count). The number of benzene rings is 6. The van der Waals surface area contributed by atoms with Crippen molar-refractivity contribution in [2.45, 2.75) is 112 Å². The zero-order valence-corrected chi connectivity index (χ0v) is 37.1. The van der Waals surface area contributed by atoms with Crippen molar-refractivity contribution in [3.63, 3.8) is 0 Å². The maximum absolute atomic E-state index is 10.6. The second kappa shape index (κ2) is 12.9. The topological polar surface area (TPSA) is 19.6 Å². The minimum absolute atomic E-state index is 0.0305. The number of thiophene rings is 1. The van der Waals surface area contributed by atoms with Gasteiger partial charge in [-0.3, -0.25) is 0 Å². The van der Waals surface area contributed by atoms with Gasteiger partial charge in [0.15, 0.2) is 0 Å². The van der Waals surface area contributed by atoms with Crippen LogP contribution in [-0.2, 0) is 21.7 Å². The van der Waals surface area contributed by atoms with Gasteiger partial charge in [0.1, 0.15) is 5.58 Å². The summed E-state index contributed by atoms with van der Waals surface area (Å²) >= 11 is 0.904. The number of rotatable bonds is 2. The molecule has 5 heteroatoms. The molecule has 0 spiro atoms. The van der Waals surface area contributed by atoms with Gasteiger partial charge >= 0.3 is 0 Å². The van der Waals surface area contributed by atoms with E-state index in [2.05, 4.69) is 0 Å². The molecule has 0 aliphatic carbocycles. The zero-order valence-electron chi connectivity index (χ0n) is 54.3. The summed E-state index contributed by atoms with van der Waals surface area (Å²) in [6.07, 6.45) is 0. The van der Waals surface area contributed by atoms with Crippen LogP contribution in [-0.4, -0.2) is 6.71 Å². The third kappa shape index (κ3) is 6.05. The van der Waals surface area contributed by atoms with Gasteiger partial charge in [-0.1, -0.05) is 125 Å². The van der Waals surface area contributed by atoms with E-state index in [0.29, 0.717) is 0 Å². The monoisotopic (exact) mass is 823 g/mol. The van der Waals surface area contributed by atoms with Crippen LogP contribution in [0.5, 0.6) is 0 Å². The molecule has 0 saturated carbocycles. The first kappa shape index (κ1) is 23.7. The van der Waals surface area contributed by atoms with E-state index in [1.165, 1.54) is 16.7 Å². The Kier molecular flexibility index (Phi) is 5.08. The maximum atomic E-state index is 10.6. The molecule has 2 aliphatic heterocycles. The molecular weight excluding hydrogens is 747 g/mol. The summed E-state index contributed by atoms with van der Waals surface area (Å²) in [6.45, 7) is 21.1. The molecule has 0 atom stereocenters. The Morgan fingerprint density at radius 2 is 0.983 bits per heavy atom. The molecule has 0 amide bonds. The second-order valence-electron chi connectivity index (χ2n) is 20.1. The van der Waals surface area contributed by atoms with Crippen molar-refractivity contribution in [2.75, 3.05) is 9.80 Å². The maximum Gasteiger partial charge on any atom is 0.297 e. The van der Waals surface area contributed by atoms with E-state index in [-0.39, 0.29) is 147 Å². The highest BCUT2D eigenvalue weighted by atomic mass is 32.1. The standard InChI is InChI=1S/C55H57BN2OS/c1-32-26-44-49-45(27-32)58(38-22-16-34(17-23-38)53(5,6)7)50-41-29-35(54(8,9)10)18-24-46(41)59-51(50)56(49)42-30-40-39-28-36(55(11,12)13)19-25-47(39)60-48(40)31-43(42)57(44)37-20-14-33(15-21-37)52(2,3)4/h14-31H,1-13H3/i14D,15D,16D,17D,18D,19D,20D,21D,22D,23D,24D,25D,26D,27D,28D,29D,30D,31D. The van der Waals surface area contributed by atoms with Crippen molar-refractivity contribution in [3.8, 4) is 0 Å². The van der Waals surface area contributed by atoms with Gasteiger partial charge in [0, 0.05) is 48.6 Å². The van der Waals surface area contributed by atoms with Crippen LogP contribution in [0.2, 0.25) is 0 Å². The van der Waals surface area contributed by atoms with Crippen molar-refractivity contribution in [3.05, 3.63) is 137 Å². The van der Waals surface area contributed by atoms with Gasteiger partial charge in [0.05, 0.1) is 36.0 Å². The molecule has 3 nitrogen and oxygen atoms in total. The average molecular weight is 823 g/mol. The number of nitrogens with zero attached hydrogens (tertiary/aromatic N) is 2. The minimum Gasteiger partial charge on any atom is -0.468 e. The van der Waals surface area contributed by atoms with Crippen LogP contribution in [0, 0.1) is 6.92 Å². The molecule has 6 aromatic carbocycles. The lowest BCUT2D eigenvalue weighted by Gasteiger charge is -2.43. The predicted molar refractivity (Wildman–Crippen MR) is 263 cm³/mol. The molecular formula is C55H57BN2OS. The highest BCUT2D eigenvalue weighted by Gasteiger charge is 2.47. The van der Waals surface area contributed by atoms with E-state index in [4.69, 9.17) is 5.79 Å². The van der Waals surface area contributed by atoms with E-state index in [9.17, 15) is 23.3 Å². The lowest BCUT2D eigenvalue weighted by atomic mass is 9.35. The van der Waals surface area contributed by atoms with Gasteiger partial charge in [0.2, 0.25) is 0 Å².